The van der Waals surface area contributed by atoms with Crippen LogP contribution < -0.4 is 0 Å². The summed E-state index contributed by atoms with van der Waals surface area (Å²) >= 11 is 1.41. The van der Waals surface area contributed by atoms with Crippen molar-refractivity contribution in [3.63, 3.8) is 0 Å². The van der Waals surface area contributed by atoms with Crippen LogP contribution in [0.15, 0.2) is 17.6 Å². The Kier molecular flexibility index (Phi) is 4.32. The summed E-state index contributed by atoms with van der Waals surface area (Å²) < 4.78 is 1.69. The first-order valence-corrected chi connectivity index (χ1v) is 9.44. The smallest absolute Gasteiger partial charge is 0.233 e. The van der Waals surface area contributed by atoms with E-state index in [-0.39, 0.29) is 17.7 Å². The molecule has 9 heteroatoms. The molecule has 0 unspecified atom stereocenters. The summed E-state index contributed by atoms with van der Waals surface area (Å²) in [6, 6.07) is 0. The fourth-order valence-corrected chi connectivity index (χ4v) is 3.91. The Balaban J connectivity index is 1.32. The molecule has 1 aliphatic heterocycles. The van der Waals surface area contributed by atoms with E-state index in [0.717, 1.165) is 28.9 Å². The lowest BCUT2D eigenvalue weighted by molar-refractivity contribution is -0.139. The lowest BCUT2D eigenvalue weighted by Gasteiger charge is -2.34. The Hall–Kier alpha value is -2.16. The van der Waals surface area contributed by atoms with E-state index in [1.165, 1.54) is 18.1 Å². The number of fused-ring (bicyclic) bond motifs is 1. The standard InChI is InChI=1S/C16H20N6O2S/c1-20-14-12(8-19-20)15(18-10-17-14)25-9-13(23)21-4-6-22(7-5-21)16(24)11-2-3-11/h8,10-11H,2-7,9H2,1H3. The summed E-state index contributed by atoms with van der Waals surface area (Å²) in [6.45, 7) is 2.52. The minimum Gasteiger partial charge on any atom is -0.339 e. The molecule has 8 nitrogen and oxygen atoms in total. The molecule has 1 aliphatic carbocycles. The van der Waals surface area contributed by atoms with Crippen LogP contribution >= 0.6 is 11.8 Å². The van der Waals surface area contributed by atoms with Gasteiger partial charge < -0.3 is 9.80 Å². The second kappa shape index (κ2) is 6.62. The van der Waals surface area contributed by atoms with Crippen LogP contribution in [-0.4, -0.2) is 73.3 Å². The van der Waals surface area contributed by atoms with Crippen LogP contribution in [0.2, 0.25) is 0 Å². The number of rotatable bonds is 4. The molecule has 1 saturated carbocycles. The number of amides is 2. The molecule has 25 heavy (non-hydrogen) atoms. The number of hydrogen-bond donors (Lipinski definition) is 0. The third-order valence-corrected chi connectivity index (χ3v) is 5.69. The molecule has 2 aromatic heterocycles. The summed E-state index contributed by atoms with van der Waals surface area (Å²) in [5, 5.41) is 5.82. The highest BCUT2D eigenvalue weighted by atomic mass is 32.2. The van der Waals surface area contributed by atoms with Gasteiger partial charge in [-0.2, -0.15) is 5.10 Å². The molecule has 0 N–H and O–H groups in total. The van der Waals surface area contributed by atoms with Crippen molar-refractivity contribution in [1.82, 2.24) is 29.5 Å². The van der Waals surface area contributed by atoms with E-state index in [9.17, 15) is 9.59 Å². The van der Waals surface area contributed by atoms with Gasteiger partial charge in [-0.3, -0.25) is 14.3 Å². The third-order valence-electron chi connectivity index (χ3n) is 4.70. The van der Waals surface area contributed by atoms with Crippen molar-refractivity contribution in [2.75, 3.05) is 31.9 Å². The highest BCUT2D eigenvalue weighted by Crippen LogP contribution is 2.31. The monoisotopic (exact) mass is 360 g/mol. The van der Waals surface area contributed by atoms with Gasteiger partial charge in [0.15, 0.2) is 5.65 Å². The second-order valence-electron chi connectivity index (χ2n) is 6.45. The van der Waals surface area contributed by atoms with Crippen molar-refractivity contribution < 1.29 is 9.59 Å². The molecule has 0 atom stereocenters. The quantitative estimate of drug-likeness (QED) is 0.584. The summed E-state index contributed by atoms with van der Waals surface area (Å²) in [6.07, 6.45) is 5.27. The van der Waals surface area contributed by atoms with Gasteiger partial charge in [-0.15, -0.1) is 0 Å². The third kappa shape index (κ3) is 3.33. The van der Waals surface area contributed by atoms with Crippen molar-refractivity contribution in [3.05, 3.63) is 12.5 Å². The highest BCUT2D eigenvalue weighted by Gasteiger charge is 2.35. The molecule has 132 valence electrons. The minimum atomic E-state index is 0.0826. The normalized spacial score (nSPS) is 18.0. The Morgan fingerprint density at radius 2 is 1.88 bits per heavy atom. The molecule has 1 saturated heterocycles. The molecule has 2 aliphatic rings. The Morgan fingerprint density at radius 3 is 2.60 bits per heavy atom. The van der Waals surface area contributed by atoms with Gasteiger partial charge in [-0.05, 0) is 12.8 Å². The molecule has 0 radical (unpaired) electrons. The lowest BCUT2D eigenvalue weighted by atomic mass is 10.2. The first-order valence-electron chi connectivity index (χ1n) is 8.45. The number of nitrogens with zero attached hydrogens (tertiary/aromatic N) is 6. The van der Waals surface area contributed by atoms with E-state index >= 15 is 0 Å². The van der Waals surface area contributed by atoms with Gasteiger partial charge in [0, 0.05) is 39.1 Å². The van der Waals surface area contributed by atoms with Crippen molar-refractivity contribution in [3.8, 4) is 0 Å². The Morgan fingerprint density at radius 1 is 1.16 bits per heavy atom. The van der Waals surface area contributed by atoms with Crippen molar-refractivity contribution in [1.29, 1.82) is 0 Å². The van der Waals surface area contributed by atoms with Crippen LogP contribution in [-0.2, 0) is 16.6 Å². The van der Waals surface area contributed by atoms with Gasteiger partial charge in [-0.25, -0.2) is 9.97 Å². The average molecular weight is 360 g/mol. The maximum atomic E-state index is 12.5. The molecule has 0 aromatic carbocycles. The van der Waals surface area contributed by atoms with Gasteiger partial charge in [0.1, 0.15) is 11.4 Å². The molecule has 0 bridgehead atoms. The fraction of sp³-hybridized carbons (Fsp3) is 0.562. The van der Waals surface area contributed by atoms with Crippen LogP contribution in [0, 0.1) is 5.92 Å². The van der Waals surface area contributed by atoms with Crippen molar-refractivity contribution >= 4 is 34.6 Å². The zero-order valence-electron chi connectivity index (χ0n) is 14.1. The first kappa shape index (κ1) is 16.3. The number of aryl methyl sites for hydroxylation is 1. The van der Waals surface area contributed by atoms with E-state index < -0.39 is 0 Å². The Bertz CT molecular complexity index is 810. The van der Waals surface area contributed by atoms with Crippen LogP contribution in [0.4, 0.5) is 0 Å². The van der Waals surface area contributed by atoms with E-state index in [1.807, 2.05) is 16.8 Å². The number of carbonyl (C=O) groups excluding carboxylic acids is 2. The molecular weight excluding hydrogens is 340 g/mol. The van der Waals surface area contributed by atoms with Crippen LogP contribution in [0.5, 0.6) is 0 Å². The summed E-state index contributed by atoms with van der Waals surface area (Å²) in [5.74, 6) is 0.926. The fourth-order valence-electron chi connectivity index (χ4n) is 3.04. The predicted molar refractivity (Wildman–Crippen MR) is 92.9 cm³/mol. The molecule has 4 rings (SSSR count). The summed E-state index contributed by atoms with van der Waals surface area (Å²) in [7, 11) is 1.83. The number of carbonyl (C=O) groups is 2. The maximum absolute atomic E-state index is 12.5. The maximum Gasteiger partial charge on any atom is 0.233 e. The molecule has 2 aromatic rings. The van der Waals surface area contributed by atoms with E-state index in [0.29, 0.717) is 31.9 Å². The molecular formula is C16H20N6O2S. The van der Waals surface area contributed by atoms with Gasteiger partial charge in [0.2, 0.25) is 11.8 Å². The summed E-state index contributed by atoms with van der Waals surface area (Å²) in [4.78, 5) is 36.8. The zero-order valence-corrected chi connectivity index (χ0v) is 14.9. The van der Waals surface area contributed by atoms with E-state index in [1.54, 1.807) is 10.9 Å². The average Bonchev–Trinajstić information content (AvgIpc) is 3.43. The number of thioether (sulfide) groups is 1. The molecule has 2 amide bonds. The van der Waals surface area contributed by atoms with Gasteiger partial charge >= 0.3 is 0 Å². The molecule has 0 spiro atoms. The van der Waals surface area contributed by atoms with Gasteiger partial charge in [0.25, 0.3) is 0 Å². The first-order chi connectivity index (χ1) is 12.1. The minimum absolute atomic E-state index is 0.0826. The van der Waals surface area contributed by atoms with E-state index in [4.69, 9.17) is 0 Å². The molecule has 3 heterocycles. The highest BCUT2D eigenvalue weighted by molar-refractivity contribution is 8.00. The number of hydrogen-bond acceptors (Lipinski definition) is 6. The van der Waals surface area contributed by atoms with Gasteiger partial charge in [-0.1, -0.05) is 11.8 Å². The topological polar surface area (TPSA) is 84.2 Å². The summed E-state index contributed by atoms with van der Waals surface area (Å²) in [5.41, 5.74) is 0.761. The van der Waals surface area contributed by atoms with Crippen molar-refractivity contribution in [2.24, 2.45) is 13.0 Å². The Labute approximate surface area is 149 Å². The SMILES string of the molecule is Cn1ncc2c(SCC(=O)N3CCN(C(=O)C4CC4)CC3)ncnc21. The van der Waals surface area contributed by atoms with Gasteiger partial charge in [0.05, 0.1) is 17.3 Å². The number of aromatic nitrogens is 4. The number of piperazine rings is 1. The predicted octanol–water partition coefficient (Wildman–Crippen LogP) is 0.536. The van der Waals surface area contributed by atoms with Crippen LogP contribution in [0.1, 0.15) is 12.8 Å². The second-order valence-corrected chi connectivity index (χ2v) is 7.42. The zero-order chi connectivity index (χ0) is 17.4. The van der Waals surface area contributed by atoms with E-state index in [2.05, 4.69) is 15.1 Å². The van der Waals surface area contributed by atoms with Crippen LogP contribution in [0.3, 0.4) is 0 Å². The largest absolute Gasteiger partial charge is 0.339 e. The van der Waals surface area contributed by atoms with Crippen LogP contribution in [0.25, 0.3) is 11.0 Å². The van der Waals surface area contributed by atoms with Crippen molar-refractivity contribution in [2.45, 2.75) is 17.9 Å². The lowest BCUT2D eigenvalue weighted by Crippen LogP contribution is -2.51. The molecule has 2 fully saturated rings.